The van der Waals surface area contributed by atoms with E-state index in [9.17, 15) is 9.59 Å². The number of carbonyl (C=O) groups is 2. The van der Waals surface area contributed by atoms with E-state index in [-0.39, 0.29) is 40.0 Å². The van der Waals surface area contributed by atoms with Crippen LogP contribution >= 0.6 is 7.26 Å². The molecule has 4 aromatic rings. The van der Waals surface area contributed by atoms with Gasteiger partial charge >= 0.3 is 6.16 Å². The molecule has 1 saturated heterocycles. The molecule has 8 heteroatoms. The second kappa shape index (κ2) is 12.5. The van der Waals surface area contributed by atoms with E-state index < -0.39 is 24.8 Å². The highest BCUT2D eigenvalue weighted by molar-refractivity contribution is 7.97. The summed E-state index contributed by atoms with van der Waals surface area (Å²) in [4.78, 5) is 27.9. The summed E-state index contributed by atoms with van der Waals surface area (Å²) >= 11 is 0. The summed E-state index contributed by atoms with van der Waals surface area (Å²) in [7, 11) is -2.48. The molecule has 1 heterocycles. The fourth-order valence-corrected chi connectivity index (χ4v) is 10.3. The lowest BCUT2D eigenvalue weighted by Gasteiger charge is -2.32. The van der Waals surface area contributed by atoms with Gasteiger partial charge in [-0.05, 0) is 69.3 Å². The molecule has 1 amide bonds. The fraction of sp³-hybridized carbons (Fsp3) is 0.212. The number of hydrogen-bond donors (Lipinski definition) is 0. The van der Waals surface area contributed by atoms with E-state index in [1.54, 1.807) is 20.8 Å². The first-order valence-electron chi connectivity index (χ1n) is 13.3. The quantitative estimate of drug-likeness (QED) is 0.186. The van der Waals surface area contributed by atoms with Gasteiger partial charge in [-0.1, -0.05) is 54.6 Å². The molecule has 0 aliphatic carbocycles. The van der Waals surface area contributed by atoms with Gasteiger partial charge in [0.2, 0.25) is 0 Å². The number of rotatable bonds is 6. The zero-order valence-corrected chi connectivity index (χ0v) is 25.6. The van der Waals surface area contributed by atoms with E-state index in [0.717, 1.165) is 22.0 Å². The van der Waals surface area contributed by atoms with Gasteiger partial charge in [-0.2, -0.15) is 0 Å². The average Bonchev–Trinajstić information content (AvgIpc) is 3.31. The van der Waals surface area contributed by atoms with Crippen LogP contribution in [0.1, 0.15) is 27.2 Å². The van der Waals surface area contributed by atoms with E-state index in [1.807, 2.05) is 54.6 Å². The van der Waals surface area contributed by atoms with Crippen molar-refractivity contribution in [2.45, 2.75) is 38.5 Å². The molecule has 0 spiro atoms. The monoisotopic (exact) mass is 635 g/mol. The Bertz CT molecular complexity index is 1400. The van der Waals surface area contributed by atoms with Crippen molar-refractivity contribution < 1.29 is 40.4 Å². The number of amides is 1. The number of ether oxygens (including phenoxy) is 2. The molecule has 0 N–H and O–H groups in total. The number of halogens is 2. The number of hydrogen-bond acceptors (Lipinski definition) is 4. The Morgan fingerprint density at radius 3 is 1.76 bits per heavy atom. The third-order valence-corrected chi connectivity index (χ3v) is 11.7. The zero-order valence-electron chi connectivity index (χ0n) is 23.2. The predicted octanol–water partition coefficient (Wildman–Crippen LogP) is 3.24. The molecule has 1 fully saturated rings. The van der Waals surface area contributed by atoms with Crippen LogP contribution in [0.4, 0.5) is 14.9 Å². The van der Waals surface area contributed by atoms with Crippen LogP contribution in [0.2, 0.25) is 0 Å². The standard InChI is InChI=1S/C33H32FNO4P.BrH/c1-33(2,3)39-32(37)38-24-19-20-29(28(34)23-24)35-22-21-30(31(35)36)40(25-13-7-4-8-14-25,26-15-9-5-10-16-26)27-17-11-6-12-18-27;/h4-20,23,30H,21-22H2,1-3H3;1H/q+1;/p-1. The van der Waals surface area contributed by atoms with Crippen molar-refractivity contribution >= 4 is 40.9 Å². The van der Waals surface area contributed by atoms with Crippen LogP contribution in [-0.2, 0) is 9.53 Å². The van der Waals surface area contributed by atoms with Gasteiger partial charge in [0, 0.05) is 19.0 Å². The van der Waals surface area contributed by atoms with Crippen molar-refractivity contribution in [3.63, 3.8) is 0 Å². The van der Waals surface area contributed by atoms with E-state index in [4.69, 9.17) is 9.47 Å². The normalized spacial score (nSPS) is 15.3. The molecule has 212 valence electrons. The molecule has 1 atom stereocenters. The Hall–Kier alpha value is -3.54. The maximum atomic E-state index is 15.4. The van der Waals surface area contributed by atoms with Gasteiger partial charge in [-0.25, -0.2) is 9.18 Å². The summed E-state index contributed by atoms with van der Waals surface area (Å²) in [6.07, 6.45) is -0.346. The summed E-state index contributed by atoms with van der Waals surface area (Å²) in [5, 5.41) is 3.32. The first-order valence-corrected chi connectivity index (χ1v) is 15.1. The third kappa shape index (κ3) is 6.22. The molecule has 4 aromatic carbocycles. The Morgan fingerprint density at radius 2 is 1.32 bits per heavy atom. The minimum atomic E-state index is -2.48. The van der Waals surface area contributed by atoms with E-state index in [0.29, 0.717) is 13.0 Å². The predicted molar refractivity (Wildman–Crippen MR) is 159 cm³/mol. The molecule has 41 heavy (non-hydrogen) atoms. The molecule has 0 radical (unpaired) electrons. The summed E-state index contributed by atoms with van der Waals surface area (Å²) in [6.45, 7) is 5.53. The first-order chi connectivity index (χ1) is 19.2. The number of anilines is 1. The smallest absolute Gasteiger partial charge is 0.514 e. The van der Waals surface area contributed by atoms with Gasteiger partial charge in [0.25, 0.3) is 5.91 Å². The largest absolute Gasteiger partial charge is 1.00 e. The second-order valence-corrected chi connectivity index (χ2v) is 14.3. The molecule has 5 rings (SSSR count). The number of carbonyl (C=O) groups excluding carboxylic acids is 2. The summed E-state index contributed by atoms with van der Waals surface area (Å²) in [5.74, 6) is -0.749. The van der Waals surface area contributed by atoms with Crippen LogP contribution in [0.3, 0.4) is 0 Å². The van der Waals surface area contributed by atoms with Crippen molar-refractivity contribution in [3.8, 4) is 5.75 Å². The third-order valence-electron chi connectivity index (χ3n) is 6.94. The van der Waals surface area contributed by atoms with Gasteiger partial charge in [-0.3, -0.25) is 4.79 Å². The Labute approximate surface area is 251 Å². The lowest BCUT2D eigenvalue weighted by molar-refractivity contribution is -0.116. The van der Waals surface area contributed by atoms with Crippen LogP contribution < -0.4 is 42.5 Å². The van der Waals surface area contributed by atoms with Crippen LogP contribution in [-0.4, -0.2) is 29.9 Å². The van der Waals surface area contributed by atoms with Crippen LogP contribution in [0.5, 0.6) is 5.75 Å². The summed E-state index contributed by atoms with van der Waals surface area (Å²) in [6, 6.07) is 34.7. The molecule has 1 aliphatic heterocycles. The Morgan fingerprint density at radius 1 is 0.829 bits per heavy atom. The van der Waals surface area contributed by atoms with E-state index in [1.165, 1.54) is 17.0 Å². The molecular weight excluding hydrogens is 604 g/mol. The van der Waals surface area contributed by atoms with Gasteiger partial charge in [0.15, 0.2) is 11.5 Å². The molecule has 0 aromatic heterocycles. The topological polar surface area (TPSA) is 55.8 Å². The lowest BCUT2D eigenvalue weighted by atomic mass is 10.2. The van der Waals surface area contributed by atoms with Crippen LogP contribution in [0, 0.1) is 5.82 Å². The second-order valence-electron chi connectivity index (χ2n) is 10.7. The van der Waals surface area contributed by atoms with Crippen molar-refractivity contribution in [3.05, 3.63) is 115 Å². The van der Waals surface area contributed by atoms with Gasteiger partial charge in [0.1, 0.15) is 34.5 Å². The first kappa shape index (κ1) is 30.4. The Kier molecular flexibility index (Phi) is 9.31. The van der Waals surface area contributed by atoms with Crippen molar-refractivity contribution in [2.24, 2.45) is 0 Å². The maximum Gasteiger partial charge on any atom is 0.514 e. The SMILES string of the molecule is CC(C)(C)OC(=O)Oc1ccc(N2CCC([P+](c3ccccc3)(c3ccccc3)c3ccccc3)C2=O)c(F)c1.[Br-]. The van der Waals surface area contributed by atoms with Gasteiger partial charge < -0.3 is 31.4 Å². The highest BCUT2D eigenvalue weighted by atomic mass is 79.9. The van der Waals surface area contributed by atoms with Crippen LogP contribution in [0.15, 0.2) is 109 Å². The van der Waals surface area contributed by atoms with E-state index >= 15 is 4.39 Å². The molecule has 1 aliphatic rings. The summed E-state index contributed by atoms with van der Waals surface area (Å²) < 4.78 is 25.8. The van der Waals surface area contributed by atoms with Crippen molar-refractivity contribution in [2.75, 3.05) is 11.4 Å². The Balaban J connectivity index is 0.00000387. The molecule has 1 unspecified atom stereocenters. The molecule has 5 nitrogen and oxygen atoms in total. The number of benzene rings is 4. The highest BCUT2D eigenvalue weighted by Gasteiger charge is 2.59. The lowest BCUT2D eigenvalue weighted by Crippen LogP contribution is -3.00. The molecule has 0 saturated carbocycles. The minimum absolute atomic E-state index is 0. The maximum absolute atomic E-state index is 15.4. The van der Waals surface area contributed by atoms with Gasteiger partial charge in [-0.15, -0.1) is 0 Å². The average molecular weight is 636 g/mol. The zero-order chi connectivity index (χ0) is 28.3. The van der Waals surface area contributed by atoms with Crippen molar-refractivity contribution in [1.29, 1.82) is 0 Å². The molecular formula is C33H32BrFNO4P. The van der Waals surface area contributed by atoms with Crippen LogP contribution in [0.25, 0.3) is 0 Å². The van der Waals surface area contributed by atoms with Gasteiger partial charge in [0.05, 0.1) is 5.69 Å². The fourth-order valence-electron chi connectivity index (χ4n) is 5.38. The van der Waals surface area contributed by atoms with E-state index in [2.05, 4.69) is 36.4 Å². The molecule has 0 bridgehead atoms. The minimum Gasteiger partial charge on any atom is -1.00 e. The van der Waals surface area contributed by atoms with Crippen molar-refractivity contribution in [1.82, 2.24) is 0 Å². The highest BCUT2D eigenvalue weighted by Crippen LogP contribution is 2.62. The number of nitrogens with zero attached hydrogens (tertiary/aromatic N) is 1. The summed E-state index contributed by atoms with van der Waals surface area (Å²) in [5.41, 5.74) is -0.952.